The Bertz CT molecular complexity index is 1390. The number of rotatable bonds is 5. The second-order valence-electron chi connectivity index (χ2n) is 9.05. The number of halogens is 3. The lowest BCUT2D eigenvalue weighted by atomic mass is 9.97. The molecule has 0 saturated carbocycles. The second-order valence-corrected chi connectivity index (χ2v) is 10.0. The molecule has 0 spiro atoms. The Morgan fingerprint density at radius 1 is 1.00 bits per heavy atom. The van der Waals surface area contributed by atoms with Crippen LogP contribution < -0.4 is 5.32 Å². The van der Waals surface area contributed by atoms with Gasteiger partial charge in [0.05, 0.1) is 5.56 Å². The van der Waals surface area contributed by atoms with Crippen molar-refractivity contribution < 1.29 is 18.0 Å². The molecule has 1 aliphatic rings. The van der Waals surface area contributed by atoms with E-state index in [1.165, 1.54) is 33.7 Å². The fraction of sp³-hybridized carbons (Fsp3) is 0.207. The first-order valence-corrected chi connectivity index (χ1v) is 12.6. The summed E-state index contributed by atoms with van der Waals surface area (Å²) in [6.45, 7) is 4.92. The number of nitrogens with one attached hydrogen (secondary N) is 1. The van der Waals surface area contributed by atoms with Gasteiger partial charge < -0.3 is 5.32 Å². The number of amides is 1. The molecular weight excluding hydrogens is 481 g/mol. The highest BCUT2D eigenvalue weighted by molar-refractivity contribution is 7.10. The first-order chi connectivity index (χ1) is 17.3. The molecule has 3 aromatic carbocycles. The summed E-state index contributed by atoms with van der Waals surface area (Å²) < 4.78 is 38.8. The molecule has 1 aromatic heterocycles. The summed E-state index contributed by atoms with van der Waals surface area (Å²) in [6.07, 6.45) is -3.49. The molecular formula is C29H25F3N2OS. The Labute approximate surface area is 212 Å². The van der Waals surface area contributed by atoms with Gasteiger partial charge in [0.2, 0.25) is 0 Å². The average molecular weight is 507 g/mol. The Balaban J connectivity index is 1.31. The number of anilines is 1. The molecule has 36 heavy (non-hydrogen) atoms. The predicted molar refractivity (Wildman–Crippen MR) is 138 cm³/mol. The lowest BCUT2D eigenvalue weighted by molar-refractivity contribution is -0.137. The van der Waals surface area contributed by atoms with Gasteiger partial charge in [-0.2, -0.15) is 13.2 Å². The van der Waals surface area contributed by atoms with Gasteiger partial charge in [0.25, 0.3) is 5.91 Å². The summed E-state index contributed by atoms with van der Waals surface area (Å²) in [4.78, 5) is 17.0. The van der Waals surface area contributed by atoms with Gasteiger partial charge in [-0.05, 0) is 82.9 Å². The molecule has 0 saturated heterocycles. The van der Waals surface area contributed by atoms with Gasteiger partial charge in [-0.3, -0.25) is 9.69 Å². The maximum atomic E-state index is 13.2. The van der Waals surface area contributed by atoms with Crippen LogP contribution in [0.2, 0.25) is 0 Å². The van der Waals surface area contributed by atoms with Crippen LogP contribution in [-0.4, -0.2) is 17.4 Å². The van der Waals surface area contributed by atoms with Crippen LogP contribution in [0.15, 0.2) is 78.2 Å². The quantitative estimate of drug-likeness (QED) is 0.303. The van der Waals surface area contributed by atoms with Crippen molar-refractivity contribution in [3.63, 3.8) is 0 Å². The van der Waals surface area contributed by atoms with E-state index in [9.17, 15) is 18.0 Å². The summed E-state index contributed by atoms with van der Waals surface area (Å²) >= 11 is 1.79. The number of carbonyl (C=O) groups excluding carboxylic acids is 1. The second kappa shape index (κ2) is 9.91. The van der Waals surface area contributed by atoms with Crippen LogP contribution in [0.5, 0.6) is 0 Å². The maximum absolute atomic E-state index is 13.2. The van der Waals surface area contributed by atoms with Crippen LogP contribution in [0.25, 0.3) is 11.1 Å². The molecule has 1 amide bonds. The van der Waals surface area contributed by atoms with E-state index < -0.39 is 11.7 Å². The van der Waals surface area contributed by atoms with Gasteiger partial charge >= 0.3 is 6.18 Å². The number of carbonyl (C=O) groups is 1. The molecule has 0 aliphatic carbocycles. The lowest BCUT2D eigenvalue weighted by Crippen LogP contribution is -2.30. The van der Waals surface area contributed by atoms with Crippen LogP contribution in [0, 0.1) is 6.92 Å². The third-order valence-electron chi connectivity index (χ3n) is 6.59. The summed E-state index contributed by atoms with van der Waals surface area (Å²) in [5.41, 5.74) is 5.37. The number of nitrogens with zero attached hydrogens (tertiary/aromatic N) is 1. The van der Waals surface area contributed by atoms with Gasteiger partial charge in [-0.25, -0.2) is 0 Å². The molecule has 5 rings (SSSR count). The first-order valence-electron chi connectivity index (χ1n) is 11.7. The number of thiophene rings is 1. The van der Waals surface area contributed by atoms with Crippen LogP contribution in [0.4, 0.5) is 18.9 Å². The largest absolute Gasteiger partial charge is 0.416 e. The molecule has 2 heterocycles. The number of benzene rings is 3. The van der Waals surface area contributed by atoms with Crippen molar-refractivity contribution in [3.8, 4) is 11.1 Å². The van der Waals surface area contributed by atoms with E-state index in [0.717, 1.165) is 38.2 Å². The molecule has 4 aromatic rings. The maximum Gasteiger partial charge on any atom is 0.416 e. The molecule has 0 radical (unpaired) electrons. The smallest absolute Gasteiger partial charge is 0.322 e. The molecule has 3 nitrogen and oxygen atoms in total. The third-order valence-corrected chi connectivity index (χ3v) is 7.59. The highest BCUT2D eigenvalue weighted by Gasteiger charge is 2.30. The summed E-state index contributed by atoms with van der Waals surface area (Å²) in [6, 6.07) is 20.0. The zero-order valence-corrected chi connectivity index (χ0v) is 20.5. The zero-order valence-electron chi connectivity index (χ0n) is 19.7. The van der Waals surface area contributed by atoms with Crippen molar-refractivity contribution in [1.82, 2.24) is 4.90 Å². The number of aryl methyl sites for hydroxylation is 1. The van der Waals surface area contributed by atoms with Gasteiger partial charge in [-0.15, -0.1) is 11.3 Å². The van der Waals surface area contributed by atoms with Gasteiger partial charge in [0.1, 0.15) is 0 Å². The van der Waals surface area contributed by atoms with E-state index in [1.807, 2.05) is 12.1 Å². The van der Waals surface area contributed by atoms with E-state index in [1.54, 1.807) is 35.6 Å². The molecule has 1 N–H and O–H groups in total. The molecule has 0 bridgehead atoms. The highest BCUT2D eigenvalue weighted by Crippen LogP contribution is 2.32. The predicted octanol–water partition coefficient (Wildman–Crippen LogP) is 7.55. The molecule has 1 aliphatic heterocycles. The number of fused-ring (bicyclic) bond motifs is 1. The molecule has 7 heteroatoms. The molecule has 0 atom stereocenters. The summed E-state index contributed by atoms with van der Waals surface area (Å²) in [5, 5.41) is 5.11. The Hall–Kier alpha value is -3.42. The van der Waals surface area contributed by atoms with Crippen molar-refractivity contribution >= 4 is 22.9 Å². The fourth-order valence-electron chi connectivity index (χ4n) is 4.56. The monoisotopic (exact) mass is 506 g/mol. The van der Waals surface area contributed by atoms with Crippen molar-refractivity contribution in [2.75, 3.05) is 11.9 Å². The minimum atomic E-state index is -4.40. The van der Waals surface area contributed by atoms with Crippen LogP contribution in [0.3, 0.4) is 0 Å². The Morgan fingerprint density at radius 3 is 2.50 bits per heavy atom. The average Bonchev–Trinajstić information content (AvgIpc) is 3.27. The Kier molecular flexibility index (Phi) is 6.69. The van der Waals surface area contributed by atoms with Crippen molar-refractivity contribution in [2.45, 2.75) is 32.6 Å². The van der Waals surface area contributed by atoms with Crippen LogP contribution in [-0.2, 0) is 25.7 Å². The normalized spacial score (nSPS) is 13.9. The van der Waals surface area contributed by atoms with Gasteiger partial charge in [0.15, 0.2) is 0 Å². The van der Waals surface area contributed by atoms with E-state index in [4.69, 9.17) is 0 Å². The molecule has 184 valence electrons. The van der Waals surface area contributed by atoms with Crippen molar-refractivity contribution in [1.29, 1.82) is 0 Å². The minimum Gasteiger partial charge on any atom is -0.322 e. The number of hydrogen-bond acceptors (Lipinski definition) is 3. The summed E-state index contributed by atoms with van der Waals surface area (Å²) in [5.74, 6) is -0.295. The number of alkyl halides is 3. The van der Waals surface area contributed by atoms with Crippen molar-refractivity contribution in [3.05, 3.63) is 111 Å². The lowest BCUT2D eigenvalue weighted by Gasteiger charge is -2.29. The topological polar surface area (TPSA) is 32.3 Å². The molecule has 0 unspecified atom stereocenters. The van der Waals surface area contributed by atoms with E-state index >= 15 is 0 Å². The van der Waals surface area contributed by atoms with E-state index in [-0.39, 0.29) is 5.91 Å². The Morgan fingerprint density at radius 2 is 1.78 bits per heavy atom. The van der Waals surface area contributed by atoms with Gasteiger partial charge in [0, 0.05) is 35.8 Å². The fourth-order valence-corrected chi connectivity index (χ4v) is 5.51. The standard InChI is InChI=1S/C29H25F3N2OS/c1-19-13-15-36-27(19)18-34-14-12-21-16-24(11-8-22(21)17-34)33-28(35)26-5-3-2-4-25(26)20-6-9-23(10-7-20)29(30,31)32/h2-11,13,15-16H,12,14,17-18H2,1H3,(H,33,35). The number of hydrogen-bond donors (Lipinski definition) is 1. The van der Waals surface area contributed by atoms with E-state index in [2.05, 4.69) is 34.7 Å². The van der Waals surface area contributed by atoms with Crippen molar-refractivity contribution in [2.24, 2.45) is 0 Å². The zero-order chi connectivity index (χ0) is 25.3. The molecule has 0 fully saturated rings. The van der Waals surface area contributed by atoms with E-state index in [0.29, 0.717) is 22.4 Å². The van der Waals surface area contributed by atoms with Crippen LogP contribution >= 0.6 is 11.3 Å². The highest BCUT2D eigenvalue weighted by atomic mass is 32.1. The summed E-state index contributed by atoms with van der Waals surface area (Å²) in [7, 11) is 0. The first kappa shape index (κ1) is 24.3. The van der Waals surface area contributed by atoms with Crippen LogP contribution in [0.1, 0.15) is 37.5 Å². The van der Waals surface area contributed by atoms with Gasteiger partial charge in [-0.1, -0.05) is 36.4 Å². The third kappa shape index (κ3) is 5.22. The minimum absolute atomic E-state index is 0.295. The SMILES string of the molecule is Cc1ccsc1CN1CCc2cc(NC(=O)c3ccccc3-c3ccc(C(F)(F)F)cc3)ccc2C1.